The zero-order chi connectivity index (χ0) is 20.2. The summed E-state index contributed by atoms with van der Waals surface area (Å²) in [5.74, 6) is -0.405. The molecule has 1 amide bonds. The Morgan fingerprint density at radius 2 is 2.03 bits per heavy atom. The maximum absolute atomic E-state index is 13.6. The number of aromatic nitrogens is 1. The van der Waals surface area contributed by atoms with Crippen molar-refractivity contribution in [2.24, 2.45) is 0 Å². The highest BCUT2D eigenvalue weighted by atomic mass is 79.9. The molecule has 3 aromatic rings. The van der Waals surface area contributed by atoms with Gasteiger partial charge in [0.15, 0.2) is 5.13 Å². The Kier molecular flexibility index (Phi) is 8.19. The van der Waals surface area contributed by atoms with Gasteiger partial charge in [-0.25, -0.2) is 9.37 Å². The Balaban J connectivity index is 0.00000256. The van der Waals surface area contributed by atoms with E-state index in [4.69, 9.17) is 4.74 Å². The smallest absolute Gasteiger partial charge is 0.260 e. The molecule has 2 heterocycles. The molecular formula is C21H22BrClFN3O2S. The predicted octanol–water partition coefficient (Wildman–Crippen LogP) is 4.99. The number of fused-ring (bicyclic) bond motifs is 1. The highest BCUT2D eigenvalue weighted by Gasteiger charge is 2.22. The van der Waals surface area contributed by atoms with E-state index in [9.17, 15) is 9.18 Å². The Morgan fingerprint density at radius 1 is 1.23 bits per heavy atom. The number of thiazole rings is 1. The van der Waals surface area contributed by atoms with Crippen LogP contribution in [0.5, 0.6) is 0 Å². The van der Waals surface area contributed by atoms with Crippen LogP contribution in [-0.2, 0) is 4.74 Å². The third kappa shape index (κ3) is 5.56. The number of morpholine rings is 1. The van der Waals surface area contributed by atoms with E-state index in [1.165, 1.54) is 23.5 Å². The Morgan fingerprint density at radius 3 is 2.80 bits per heavy atom. The van der Waals surface area contributed by atoms with Gasteiger partial charge in [0.25, 0.3) is 5.91 Å². The summed E-state index contributed by atoms with van der Waals surface area (Å²) in [6.07, 6.45) is 0.823. The van der Waals surface area contributed by atoms with Gasteiger partial charge in [0.05, 0.1) is 23.4 Å². The van der Waals surface area contributed by atoms with Crippen LogP contribution in [0, 0.1) is 5.82 Å². The largest absolute Gasteiger partial charge is 0.379 e. The lowest BCUT2D eigenvalue weighted by atomic mass is 10.2. The van der Waals surface area contributed by atoms with Gasteiger partial charge in [0.1, 0.15) is 5.82 Å². The van der Waals surface area contributed by atoms with Crippen LogP contribution in [0.4, 0.5) is 9.52 Å². The molecule has 30 heavy (non-hydrogen) atoms. The summed E-state index contributed by atoms with van der Waals surface area (Å²) >= 11 is 4.77. The first-order valence-electron chi connectivity index (χ1n) is 9.54. The van der Waals surface area contributed by atoms with E-state index in [2.05, 4.69) is 25.8 Å². The van der Waals surface area contributed by atoms with Crippen molar-refractivity contribution in [1.82, 2.24) is 9.88 Å². The number of benzene rings is 2. The topological polar surface area (TPSA) is 45.7 Å². The third-order valence-corrected chi connectivity index (χ3v) is 6.38. The van der Waals surface area contributed by atoms with E-state index in [1.807, 2.05) is 18.2 Å². The standard InChI is InChI=1S/C21H21BrFN3O2S.ClH/c22-16-4-1-3-15(13-16)20(27)26(8-2-7-25-9-11-28-12-10-25)21-24-18-6-5-17(23)14-19(18)29-21;/h1,3-6,13-14H,2,7-12H2;1H. The van der Waals surface area contributed by atoms with E-state index in [0.29, 0.717) is 22.8 Å². The maximum atomic E-state index is 13.6. The molecule has 0 bridgehead atoms. The molecule has 1 fully saturated rings. The van der Waals surface area contributed by atoms with Crippen LogP contribution in [0.25, 0.3) is 10.2 Å². The van der Waals surface area contributed by atoms with E-state index < -0.39 is 0 Å². The summed E-state index contributed by atoms with van der Waals surface area (Å²) in [5.41, 5.74) is 1.29. The second-order valence-corrected chi connectivity index (χ2v) is 8.81. The minimum absolute atomic E-state index is 0. The van der Waals surface area contributed by atoms with E-state index >= 15 is 0 Å². The number of hydrogen-bond donors (Lipinski definition) is 0. The molecule has 160 valence electrons. The Bertz CT molecular complexity index is 1010. The third-order valence-electron chi connectivity index (χ3n) is 4.85. The van der Waals surface area contributed by atoms with E-state index in [1.54, 1.807) is 17.0 Å². The number of rotatable bonds is 6. The van der Waals surface area contributed by atoms with Gasteiger partial charge < -0.3 is 4.74 Å². The number of anilines is 1. The number of carbonyl (C=O) groups is 1. The molecule has 9 heteroatoms. The second kappa shape index (κ2) is 10.6. The molecule has 0 radical (unpaired) electrons. The minimum atomic E-state index is -0.301. The van der Waals surface area contributed by atoms with Crippen molar-refractivity contribution >= 4 is 60.9 Å². The Labute approximate surface area is 193 Å². The van der Waals surface area contributed by atoms with Crippen LogP contribution >= 0.6 is 39.7 Å². The highest BCUT2D eigenvalue weighted by molar-refractivity contribution is 9.10. The molecule has 4 rings (SSSR count). The monoisotopic (exact) mass is 513 g/mol. The molecule has 0 unspecified atom stereocenters. The fourth-order valence-electron chi connectivity index (χ4n) is 3.34. The van der Waals surface area contributed by atoms with Crippen LogP contribution in [0.2, 0.25) is 0 Å². The highest BCUT2D eigenvalue weighted by Crippen LogP contribution is 2.30. The number of carbonyl (C=O) groups excluding carboxylic acids is 1. The number of nitrogens with zero attached hydrogens (tertiary/aromatic N) is 3. The normalized spacial score (nSPS) is 14.5. The summed E-state index contributed by atoms with van der Waals surface area (Å²) in [6.45, 7) is 4.78. The molecule has 1 aliphatic heterocycles. The quantitative estimate of drug-likeness (QED) is 0.465. The molecule has 0 saturated carbocycles. The Hall–Kier alpha value is -1.58. The van der Waals surface area contributed by atoms with Gasteiger partial charge in [0.2, 0.25) is 0 Å². The molecule has 0 N–H and O–H groups in total. The van der Waals surface area contributed by atoms with Crippen LogP contribution < -0.4 is 4.90 Å². The van der Waals surface area contributed by atoms with Crippen molar-refractivity contribution < 1.29 is 13.9 Å². The van der Waals surface area contributed by atoms with Crippen molar-refractivity contribution in [3.8, 4) is 0 Å². The number of ether oxygens (including phenoxy) is 1. The molecule has 0 aliphatic carbocycles. The van der Waals surface area contributed by atoms with E-state index in [0.717, 1.165) is 48.4 Å². The van der Waals surface area contributed by atoms with Gasteiger partial charge >= 0.3 is 0 Å². The molecule has 1 aliphatic rings. The van der Waals surface area contributed by atoms with Crippen molar-refractivity contribution in [3.63, 3.8) is 0 Å². The summed E-state index contributed by atoms with van der Waals surface area (Å²) in [7, 11) is 0. The number of halogens is 3. The molecule has 5 nitrogen and oxygen atoms in total. The van der Waals surface area contributed by atoms with Crippen LogP contribution in [-0.4, -0.2) is 55.2 Å². The van der Waals surface area contributed by atoms with Crippen molar-refractivity contribution in [3.05, 3.63) is 58.3 Å². The fourth-order valence-corrected chi connectivity index (χ4v) is 4.75. The minimum Gasteiger partial charge on any atom is -0.379 e. The van der Waals surface area contributed by atoms with Gasteiger partial charge in [-0.1, -0.05) is 33.3 Å². The SMILES string of the molecule is Cl.O=C(c1cccc(Br)c1)N(CCCN1CCOCC1)c1nc2ccc(F)cc2s1. The summed E-state index contributed by atoms with van der Waals surface area (Å²) in [6, 6.07) is 11.9. The molecule has 1 saturated heterocycles. The lowest BCUT2D eigenvalue weighted by molar-refractivity contribution is 0.0376. The zero-order valence-electron chi connectivity index (χ0n) is 16.2. The summed E-state index contributed by atoms with van der Waals surface area (Å²) < 4.78 is 20.6. The number of amides is 1. The second-order valence-electron chi connectivity index (χ2n) is 6.88. The van der Waals surface area contributed by atoms with Crippen LogP contribution in [0.15, 0.2) is 46.9 Å². The van der Waals surface area contributed by atoms with Crippen LogP contribution in [0.3, 0.4) is 0 Å². The lowest BCUT2D eigenvalue weighted by Crippen LogP contribution is -2.39. The number of hydrogen-bond acceptors (Lipinski definition) is 5. The van der Waals surface area contributed by atoms with Gasteiger partial charge in [-0.05, 0) is 42.8 Å². The average Bonchev–Trinajstić information content (AvgIpc) is 3.14. The molecule has 0 spiro atoms. The van der Waals surface area contributed by atoms with Crippen molar-refractivity contribution in [2.75, 3.05) is 44.3 Å². The van der Waals surface area contributed by atoms with Gasteiger partial charge in [-0.2, -0.15) is 0 Å². The predicted molar refractivity (Wildman–Crippen MR) is 125 cm³/mol. The van der Waals surface area contributed by atoms with Gasteiger partial charge in [-0.15, -0.1) is 12.4 Å². The van der Waals surface area contributed by atoms with Crippen LogP contribution in [0.1, 0.15) is 16.8 Å². The van der Waals surface area contributed by atoms with Gasteiger partial charge in [-0.3, -0.25) is 14.6 Å². The summed E-state index contributed by atoms with van der Waals surface area (Å²) in [4.78, 5) is 21.9. The first kappa shape index (κ1) is 23.1. The van der Waals surface area contributed by atoms with Crippen molar-refractivity contribution in [2.45, 2.75) is 6.42 Å². The molecule has 0 atom stereocenters. The zero-order valence-corrected chi connectivity index (χ0v) is 19.4. The first-order valence-corrected chi connectivity index (χ1v) is 11.1. The average molecular weight is 515 g/mol. The van der Waals surface area contributed by atoms with E-state index in [-0.39, 0.29) is 24.1 Å². The summed E-state index contributed by atoms with van der Waals surface area (Å²) in [5, 5.41) is 0.595. The molecular weight excluding hydrogens is 493 g/mol. The fraction of sp³-hybridized carbons (Fsp3) is 0.333. The van der Waals surface area contributed by atoms with Crippen molar-refractivity contribution in [1.29, 1.82) is 0 Å². The molecule has 1 aromatic heterocycles. The van der Waals surface area contributed by atoms with Gasteiger partial charge in [0, 0.05) is 36.2 Å². The molecule has 2 aromatic carbocycles. The lowest BCUT2D eigenvalue weighted by Gasteiger charge is -2.27. The first-order chi connectivity index (χ1) is 14.1. The maximum Gasteiger partial charge on any atom is 0.260 e.